The minimum absolute atomic E-state index is 0.0210. The van der Waals surface area contributed by atoms with Crippen LogP contribution in [0.5, 0.6) is 0 Å². The van der Waals surface area contributed by atoms with E-state index in [1.54, 1.807) is 23.2 Å². The van der Waals surface area contributed by atoms with Crippen LogP contribution in [0.3, 0.4) is 0 Å². The van der Waals surface area contributed by atoms with E-state index >= 15 is 0 Å². The molecule has 2 aromatic rings. The lowest BCUT2D eigenvalue weighted by Gasteiger charge is -2.43. The number of anilines is 3. The first-order valence-corrected chi connectivity index (χ1v) is 9.31. The Bertz CT molecular complexity index is 858. The van der Waals surface area contributed by atoms with Crippen LogP contribution in [-0.4, -0.2) is 23.1 Å². The van der Waals surface area contributed by atoms with E-state index in [-0.39, 0.29) is 24.7 Å². The molecule has 0 bridgehead atoms. The number of halogens is 1. The topological polar surface area (TPSA) is 88.5 Å². The molecule has 1 aliphatic carbocycles. The summed E-state index contributed by atoms with van der Waals surface area (Å²) in [4.78, 5) is 20.9. The van der Waals surface area contributed by atoms with Crippen LogP contribution in [-0.2, 0) is 6.54 Å². The Morgan fingerprint density at radius 1 is 1.22 bits per heavy atom. The third-order valence-corrected chi connectivity index (χ3v) is 5.57. The summed E-state index contributed by atoms with van der Waals surface area (Å²) in [6.45, 7) is 2.08. The van der Waals surface area contributed by atoms with Crippen molar-refractivity contribution in [1.82, 2.24) is 4.98 Å². The minimum atomic E-state index is -0.402. The Balaban J connectivity index is 1.79. The first-order chi connectivity index (χ1) is 13.0. The number of nitrogens with two attached hydrogens (primary N) is 2. The molecule has 4 N–H and O–H groups in total. The summed E-state index contributed by atoms with van der Waals surface area (Å²) in [5.41, 5.74) is 14.6. The lowest BCUT2D eigenvalue weighted by atomic mass is 9.90. The Morgan fingerprint density at radius 3 is 2.67 bits per heavy atom. The number of aromatic nitrogens is 1. The van der Waals surface area contributed by atoms with E-state index in [9.17, 15) is 9.18 Å². The third kappa shape index (κ3) is 3.12. The van der Waals surface area contributed by atoms with Gasteiger partial charge in [0.05, 0.1) is 17.9 Å². The van der Waals surface area contributed by atoms with Crippen molar-refractivity contribution < 1.29 is 9.18 Å². The van der Waals surface area contributed by atoms with E-state index in [1.165, 1.54) is 11.0 Å². The fourth-order valence-electron chi connectivity index (χ4n) is 4.16. The lowest BCUT2D eigenvalue weighted by molar-refractivity contribution is 0.243. The summed E-state index contributed by atoms with van der Waals surface area (Å²) in [5.74, 6) is -0.0320. The summed E-state index contributed by atoms with van der Waals surface area (Å²) in [6, 6.07) is 6.57. The smallest absolute Gasteiger partial charge is 0.329 e. The molecule has 0 radical (unpaired) electrons. The number of aryl methyl sites for hydroxylation is 1. The number of rotatable bonds is 2. The number of hydrogen-bond acceptors (Lipinski definition) is 4. The molecule has 2 heterocycles. The van der Waals surface area contributed by atoms with Gasteiger partial charge in [-0.15, -0.1) is 0 Å². The van der Waals surface area contributed by atoms with Gasteiger partial charge >= 0.3 is 6.03 Å². The molecule has 6 nitrogen and oxygen atoms in total. The zero-order chi connectivity index (χ0) is 19.1. The van der Waals surface area contributed by atoms with Crippen LogP contribution < -0.4 is 21.3 Å². The Morgan fingerprint density at radius 2 is 1.96 bits per heavy atom. The van der Waals surface area contributed by atoms with Gasteiger partial charge in [0.15, 0.2) is 0 Å². The van der Waals surface area contributed by atoms with Crippen molar-refractivity contribution in [2.75, 3.05) is 15.5 Å². The molecule has 1 aromatic heterocycles. The van der Waals surface area contributed by atoms with Crippen molar-refractivity contribution in [3.8, 4) is 0 Å². The van der Waals surface area contributed by atoms with Gasteiger partial charge in [0, 0.05) is 29.9 Å². The number of urea groups is 1. The second kappa shape index (κ2) is 6.81. The van der Waals surface area contributed by atoms with Gasteiger partial charge in [0.1, 0.15) is 11.6 Å². The van der Waals surface area contributed by atoms with E-state index in [2.05, 4.69) is 4.98 Å². The molecule has 2 aliphatic rings. The molecule has 0 unspecified atom stereocenters. The summed E-state index contributed by atoms with van der Waals surface area (Å²) in [7, 11) is 0. The fraction of sp³-hybridized carbons (Fsp3) is 0.400. The number of nitrogen functional groups attached to an aromatic ring is 1. The highest BCUT2D eigenvalue weighted by Crippen LogP contribution is 2.38. The number of amides is 2. The van der Waals surface area contributed by atoms with Gasteiger partial charge in [-0.3, -0.25) is 9.80 Å². The van der Waals surface area contributed by atoms with Crippen molar-refractivity contribution in [2.45, 2.75) is 51.2 Å². The summed E-state index contributed by atoms with van der Waals surface area (Å²) in [6.07, 6.45) is 5.05. The number of pyridine rings is 1. The number of hydrogen-bond donors (Lipinski definition) is 2. The molecule has 2 amide bonds. The molecular formula is C20H24FN5O. The van der Waals surface area contributed by atoms with Crippen molar-refractivity contribution in [2.24, 2.45) is 5.73 Å². The van der Waals surface area contributed by atoms with Gasteiger partial charge in [-0.25, -0.2) is 14.2 Å². The molecule has 0 saturated heterocycles. The van der Waals surface area contributed by atoms with Crippen molar-refractivity contribution in [3.05, 3.63) is 47.4 Å². The molecule has 0 spiro atoms. The first-order valence-electron chi connectivity index (χ1n) is 9.31. The van der Waals surface area contributed by atoms with Crippen LogP contribution in [0.25, 0.3) is 0 Å². The van der Waals surface area contributed by atoms with Gasteiger partial charge in [0.25, 0.3) is 0 Å². The number of fused-ring (bicyclic) bond motifs is 1. The zero-order valence-corrected chi connectivity index (χ0v) is 15.4. The van der Waals surface area contributed by atoms with E-state index in [0.717, 1.165) is 42.5 Å². The van der Waals surface area contributed by atoms with Gasteiger partial charge in [-0.1, -0.05) is 12.1 Å². The van der Waals surface area contributed by atoms with E-state index in [4.69, 9.17) is 11.5 Å². The standard InChI is InChI=1S/C20H24FN5O/c1-12-3-2-4-16(21)19(12)25-11-13-10-24-18(23)9-17(13)26(20(25)27)15-7-5-14(22)6-8-15/h2-4,9-10,14-15H,5-8,11,22H2,1H3,(H2,23,24)/t14-,15+. The maximum atomic E-state index is 14.6. The molecule has 1 saturated carbocycles. The molecular weight excluding hydrogens is 345 g/mol. The molecule has 1 fully saturated rings. The minimum Gasteiger partial charge on any atom is -0.384 e. The largest absolute Gasteiger partial charge is 0.384 e. The molecule has 27 heavy (non-hydrogen) atoms. The Hall–Kier alpha value is -2.67. The van der Waals surface area contributed by atoms with Crippen LogP contribution >= 0.6 is 0 Å². The zero-order valence-electron chi connectivity index (χ0n) is 15.4. The summed E-state index contributed by atoms with van der Waals surface area (Å²) >= 11 is 0. The molecule has 4 rings (SSSR count). The van der Waals surface area contributed by atoms with Gasteiger partial charge in [-0.05, 0) is 44.2 Å². The van der Waals surface area contributed by atoms with E-state index < -0.39 is 5.82 Å². The average Bonchev–Trinajstić information content (AvgIpc) is 2.63. The quantitative estimate of drug-likeness (QED) is 0.850. The van der Waals surface area contributed by atoms with Crippen LogP contribution in [0, 0.1) is 12.7 Å². The highest BCUT2D eigenvalue weighted by molar-refractivity contribution is 6.07. The predicted octanol–water partition coefficient (Wildman–Crippen LogP) is 3.33. The lowest BCUT2D eigenvalue weighted by Crippen LogP contribution is -2.53. The second-order valence-electron chi connectivity index (χ2n) is 7.45. The summed E-state index contributed by atoms with van der Waals surface area (Å²) < 4.78 is 14.6. The molecule has 1 aliphatic heterocycles. The van der Waals surface area contributed by atoms with Crippen LogP contribution in [0.15, 0.2) is 30.5 Å². The van der Waals surface area contributed by atoms with E-state index in [0.29, 0.717) is 11.5 Å². The summed E-state index contributed by atoms with van der Waals surface area (Å²) in [5, 5.41) is 0. The SMILES string of the molecule is Cc1cccc(F)c1N1Cc2cnc(N)cc2N([C@H]2CC[C@@H](N)CC2)C1=O. The first kappa shape index (κ1) is 17.7. The Kier molecular flexibility index (Phi) is 4.47. The van der Waals surface area contributed by atoms with Crippen molar-refractivity contribution >= 4 is 23.2 Å². The average molecular weight is 369 g/mol. The Labute approximate surface area is 158 Å². The number of para-hydroxylation sites is 1. The van der Waals surface area contributed by atoms with Gasteiger partial charge < -0.3 is 11.5 Å². The normalized spacial score (nSPS) is 22.7. The number of carbonyl (C=O) groups excluding carboxylic acids is 1. The van der Waals surface area contributed by atoms with Crippen LogP contribution in [0.4, 0.5) is 26.4 Å². The van der Waals surface area contributed by atoms with Gasteiger partial charge in [-0.2, -0.15) is 0 Å². The maximum Gasteiger partial charge on any atom is 0.329 e. The van der Waals surface area contributed by atoms with Crippen LogP contribution in [0.1, 0.15) is 36.8 Å². The molecule has 7 heteroatoms. The highest BCUT2D eigenvalue weighted by atomic mass is 19.1. The van der Waals surface area contributed by atoms with Gasteiger partial charge in [0.2, 0.25) is 0 Å². The fourth-order valence-corrected chi connectivity index (χ4v) is 4.16. The maximum absolute atomic E-state index is 14.6. The second-order valence-corrected chi connectivity index (χ2v) is 7.45. The third-order valence-electron chi connectivity index (χ3n) is 5.57. The van der Waals surface area contributed by atoms with Crippen molar-refractivity contribution in [3.63, 3.8) is 0 Å². The monoisotopic (exact) mass is 369 g/mol. The predicted molar refractivity (Wildman–Crippen MR) is 104 cm³/mol. The van der Waals surface area contributed by atoms with E-state index in [1.807, 2.05) is 13.0 Å². The highest BCUT2D eigenvalue weighted by Gasteiger charge is 2.38. The number of benzene rings is 1. The number of carbonyl (C=O) groups is 1. The molecule has 0 atom stereocenters. The molecule has 1 aromatic carbocycles. The van der Waals surface area contributed by atoms with Crippen LogP contribution in [0.2, 0.25) is 0 Å². The van der Waals surface area contributed by atoms with Crippen molar-refractivity contribution in [1.29, 1.82) is 0 Å². The number of nitrogens with zero attached hydrogens (tertiary/aromatic N) is 3. The molecule has 142 valence electrons.